The van der Waals surface area contributed by atoms with Gasteiger partial charge in [-0.3, -0.25) is 5.14 Å². The third-order valence-electron chi connectivity index (χ3n) is 0.0962. The minimum Gasteiger partial charge on any atom is -0.405 e. The monoisotopic (exact) mass is 208 g/mol. The molecule has 0 fully saturated rings. The van der Waals surface area contributed by atoms with Crippen LogP contribution in [0.15, 0.2) is 24.8 Å². The van der Waals surface area contributed by atoms with Crippen molar-refractivity contribution in [3.05, 3.63) is 24.8 Å². The largest absolute Gasteiger partial charge is 0.405 e. The second-order valence-corrected chi connectivity index (χ2v) is 1.14. The molecule has 13 heavy (non-hydrogen) atoms. The first-order chi connectivity index (χ1) is 6.33. The van der Waals surface area contributed by atoms with Crippen LogP contribution in [0.2, 0.25) is 0 Å². The lowest BCUT2D eigenvalue weighted by Gasteiger charge is -1.60. The van der Waals surface area contributed by atoms with Gasteiger partial charge in [0.25, 0.3) is 0 Å². The molecule has 0 aromatic heterocycles. The van der Waals surface area contributed by atoms with E-state index in [2.05, 4.69) is 18.9 Å². The van der Waals surface area contributed by atoms with Crippen LogP contribution in [0.1, 0.15) is 41.5 Å². The Labute approximate surface area is 89.6 Å². The maximum absolute atomic E-state index is 4.83. The molecule has 0 bridgehead atoms. The fraction of sp³-hybridized carbons (Fsp3) is 0.600. The molecule has 0 radical (unpaired) electrons. The average Bonchev–Trinajstić information content (AvgIpc) is 2.27. The molecule has 0 aliphatic carbocycles. The first kappa shape index (κ1) is 29.4. The van der Waals surface area contributed by atoms with Gasteiger partial charge < -0.3 is 5.73 Å². The van der Waals surface area contributed by atoms with Crippen LogP contribution in [0.5, 0.6) is 0 Å². The summed E-state index contributed by atoms with van der Waals surface area (Å²) in [7, 11) is 0. The lowest BCUT2D eigenvalue weighted by atomic mass is 11.0. The smallest absolute Gasteiger partial charge is 0.0136 e. The molecule has 0 unspecified atom stereocenters. The fourth-order valence-electron chi connectivity index (χ4n) is 0. The van der Waals surface area contributed by atoms with Crippen molar-refractivity contribution in [2.45, 2.75) is 41.5 Å². The maximum Gasteiger partial charge on any atom is -0.0136 e. The third kappa shape index (κ3) is 3060. The number of hydrogen-bond acceptors (Lipinski definition) is 3. The molecule has 0 aliphatic rings. The van der Waals surface area contributed by atoms with Gasteiger partial charge in [0.2, 0.25) is 0 Å². The van der Waals surface area contributed by atoms with E-state index < -0.39 is 0 Å². The van der Waals surface area contributed by atoms with E-state index in [1.807, 2.05) is 41.5 Å². The number of nitrogens with two attached hydrogens (primary N) is 2. The summed E-state index contributed by atoms with van der Waals surface area (Å²) >= 11 is 1.12. The zero-order valence-corrected chi connectivity index (χ0v) is 10.9. The first-order valence-corrected chi connectivity index (χ1v) is 5.56. The summed E-state index contributed by atoms with van der Waals surface area (Å²) < 4.78 is 0. The summed E-state index contributed by atoms with van der Waals surface area (Å²) in [5.74, 6) is 0. The van der Waals surface area contributed by atoms with Gasteiger partial charge in [-0.15, -0.1) is 0 Å². The molecule has 0 aromatic carbocycles. The summed E-state index contributed by atoms with van der Waals surface area (Å²) in [6.07, 6.45) is 1.25. The van der Waals surface area contributed by atoms with Crippen LogP contribution in [0.4, 0.5) is 0 Å². The molecule has 3 heteroatoms. The summed E-state index contributed by atoms with van der Waals surface area (Å²) in [6, 6.07) is 0. The van der Waals surface area contributed by atoms with Crippen LogP contribution < -0.4 is 10.9 Å². The Morgan fingerprint density at radius 2 is 1.00 bits per heavy atom. The van der Waals surface area contributed by atoms with Gasteiger partial charge in [-0.1, -0.05) is 66.6 Å². The Hall–Kier alpha value is -0.410. The molecular formula is C10H28N2S. The average molecular weight is 208 g/mol. The van der Waals surface area contributed by atoms with Crippen LogP contribution in [-0.2, 0) is 0 Å². The van der Waals surface area contributed by atoms with Crippen molar-refractivity contribution in [1.29, 1.82) is 0 Å². The van der Waals surface area contributed by atoms with Crippen molar-refractivity contribution in [2.24, 2.45) is 10.9 Å². The Balaban J connectivity index is -0.0000000215. The van der Waals surface area contributed by atoms with E-state index in [9.17, 15) is 0 Å². The molecule has 0 spiro atoms. The summed E-state index contributed by atoms with van der Waals surface area (Å²) in [5, 5.41) is 6.40. The van der Waals surface area contributed by atoms with Crippen LogP contribution in [0.3, 0.4) is 0 Å². The van der Waals surface area contributed by atoms with Gasteiger partial charge in [0.1, 0.15) is 0 Å². The third-order valence-corrected chi connectivity index (χ3v) is 0.289. The molecule has 0 saturated heterocycles. The molecule has 0 heterocycles. The van der Waals surface area contributed by atoms with Gasteiger partial charge >= 0.3 is 0 Å². The zero-order valence-electron chi connectivity index (χ0n) is 10.1. The summed E-state index contributed by atoms with van der Waals surface area (Å²) in [4.78, 5) is 0. The van der Waals surface area contributed by atoms with Gasteiger partial charge in [0.15, 0.2) is 0 Å². The summed E-state index contributed by atoms with van der Waals surface area (Å²) in [6.45, 7) is 18.5. The molecule has 84 valence electrons. The van der Waals surface area contributed by atoms with Gasteiger partial charge in [-0.2, -0.15) is 0 Å². The van der Waals surface area contributed by atoms with E-state index >= 15 is 0 Å². The molecule has 0 saturated carbocycles. The Morgan fingerprint density at radius 1 is 0.923 bits per heavy atom. The normalized spacial score (nSPS) is 4.23. The highest BCUT2D eigenvalue weighted by molar-refractivity contribution is 7.99. The van der Waals surface area contributed by atoms with Gasteiger partial charge in [-0.25, -0.2) is 0 Å². The highest BCUT2D eigenvalue weighted by atomic mass is 32.2. The van der Waals surface area contributed by atoms with Crippen LogP contribution in [0, 0.1) is 0 Å². The quantitative estimate of drug-likeness (QED) is 0.642. The van der Waals surface area contributed by atoms with Crippen molar-refractivity contribution in [3.8, 4) is 0 Å². The van der Waals surface area contributed by atoms with Crippen LogP contribution in [0.25, 0.3) is 0 Å². The first-order valence-electron chi connectivity index (χ1n) is 4.62. The Morgan fingerprint density at radius 3 is 1.00 bits per heavy atom. The standard InChI is InChI=1S/C2H5NS.C2H5N.3C2H6/c1-2-4-3;1-2-3;3*1-2/h2H,1,3H2;2H,1,3H2;3*1-2H3. The van der Waals surface area contributed by atoms with E-state index in [0.29, 0.717) is 0 Å². The van der Waals surface area contributed by atoms with Crippen molar-refractivity contribution in [2.75, 3.05) is 0 Å². The molecule has 0 aromatic rings. The summed E-state index contributed by atoms with van der Waals surface area (Å²) in [5.41, 5.74) is 4.61. The molecule has 0 amide bonds. The van der Waals surface area contributed by atoms with Crippen molar-refractivity contribution >= 4 is 11.9 Å². The highest BCUT2D eigenvalue weighted by Gasteiger charge is 1.43. The topological polar surface area (TPSA) is 52.0 Å². The van der Waals surface area contributed by atoms with E-state index in [-0.39, 0.29) is 0 Å². The molecule has 0 aliphatic heterocycles. The molecule has 4 N–H and O–H groups in total. The molecular weight excluding hydrogens is 180 g/mol. The maximum atomic E-state index is 4.83. The van der Waals surface area contributed by atoms with Gasteiger partial charge in [0.05, 0.1) is 0 Å². The van der Waals surface area contributed by atoms with Crippen LogP contribution >= 0.6 is 11.9 Å². The SMILES string of the molecule is C=CN.C=CSN.CC.CC.CC. The van der Waals surface area contributed by atoms with Crippen LogP contribution in [-0.4, -0.2) is 0 Å². The number of hydrogen-bond donors (Lipinski definition) is 2. The minimum atomic E-state index is 1.12. The van der Waals surface area contributed by atoms with Crippen molar-refractivity contribution in [1.82, 2.24) is 0 Å². The molecule has 2 nitrogen and oxygen atoms in total. The van der Waals surface area contributed by atoms with E-state index in [1.54, 1.807) is 5.41 Å². The van der Waals surface area contributed by atoms with E-state index in [4.69, 9.17) is 5.14 Å². The second kappa shape index (κ2) is 194. The zero-order chi connectivity index (χ0) is 12.1. The molecule has 0 rings (SSSR count). The fourth-order valence-corrected chi connectivity index (χ4v) is 0. The Kier molecular flexibility index (Phi) is 438. The predicted octanol–water partition coefficient (Wildman–Crippen LogP) is 3.90. The number of rotatable bonds is 1. The van der Waals surface area contributed by atoms with Gasteiger partial charge in [0, 0.05) is 0 Å². The Bertz CT molecular complexity index is 48.2. The van der Waals surface area contributed by atoms with Crippen molar-refractivity contribution in [3.63, 3.8) is 0 Å². The highest BCUT2D eigenvalue weighted by Crippen LogP contribution is 1.77. The van der Waals surface area contributed by atoms with Crippen molar-refractivity contribution < 1.29 is 0 Å². The minimum absolute atomic E-state index is 1.12. The lowest BCUT2D eigenvalue weighted by molar-refractivity contribution is 1.50. The predicted molar refractivity (Wildman–Crippen MR) is 70.4 cm³/mol. The lowest BCUT2D eigenvalue weighted by Crippen LogP contribution is -1.67. The van der Waals surface area contributed by atoms with E-state index in [1.165, 1.54) is 6.20 Å². The molecule has 0 atom stereocenters. The second-order valence-electron chi connectivity index (χ2n) is 0.538. The van der Waals surface area contributed by atoms with Gasteiger partial charge in [-0.05, 0) is 11.6 Å². The van der Waals surface area contributed by atoms with E-state index in [0.717, 1.165) is 11.9 Å².